The van der Waals surface area contributed by atoms with Crippen LogP contribution in [-0.2, 0) is 0 Å². The largest absolute Gasteiger partial charge is 0.396 e. The van der Waals surface area contributed by atoms with Crippen LogP contribution in [0.2, 0.25) is 0 Å². The quantitative estimate of drug-likeness (QED) is 0.0811. The average molecular weight is 717 g/mol. The van der Waals surface area contributed by atoms with Gasteiger partial charge in [0.15, 0.2) is 0 Å². The highest BCUT2D eigenvalue weighted by atomic mass is 16.3. The van der Waals surface area contributed by atoms with Crippen molar-refractivity contribution in [2.24, 2.45) is 21.7 Å². The molecule has 0 aliphatic heterocycles. The zero-order chi connectivity index (χ0) is 36.9. The first-order chi connectivity index (χ1) is 24.4. The van der Waals surface area contributed by atoms with Gasteiger partial charge >= 0.3 is 0 Å². The Bertz CT molecular complexity index is 676. The Morgan fingerprint density at radius 3 is 0.540 bits per heavy atom. The Labute approximate surface area is 307 Å². The van der Waals surface area contributed by atoms with Gasteiger partial charge < -0.3 is 40.9 Å². The van der Waals surface area contributed by atoms with Crippen LogP contribution in [0.15, 0.2) is 0 Å². The fraction of sp³-hybridized carbons (Fsp3) is 1.00. The van der Waals surface area contributed by atoms with Crippen LogP contribution in [0, 0.1) is 21.7 Å². The van der Waals surface area contributed by atoms with Gasteiger partial charge in [-0.05, 0) is 85.9 Å². The summed E-state index contributed by atoms with van der Waals surface area (Å²) in [7, 11) is 0. The van der Waals surface area contributed by atoms with Gasteiger partial charge in [0.25, 0.3) is 0 Å². The van der Waals surface area contributed by atoms with Crippen LogP contribution in [0.5, 0.6) is 0 Å². The van der Waals surface area contributed by atoms with Crippen LogP contribution in [0.25, 0.3) is 0 Å². The summed E-state index contributed by atoms with van der Waals surface area (Å²) in [6.45, 7) is -1.26. The lowest BCUT2D eigenvalue weighted by molar-refractivity contribution is -0.220. The van der Waals surface area contributed by atoms with Gasteiger partial charge in [-0.2, -0.15) is 0 Å². The molecule has 1 aliphatic carbocycles. The van der Waals surface area contributed by atoms with Crippen molar-refractivity contribution < 1.29 is 40.9 Å². The summed E-state index contributed by atoms with van der Waals surface area (Å²) in [4.78, 5) is 0. The van der Waals surface area contributed by atoms with E-state index in [-0.39, 0.29) is 78.5 Å². The number of aliphatic hydroxyl groups is 8. The highest BCUT2D eigenvalue weighted by Crippen LogP contribution is 2.71. The molecular formula is C42H84O8. The molecule has 0 amide bonds. The first-order valence-electron chi connectivity index (χ1n) is 21.3. The SMILES string of the molecule is OCCC1(CCO)CCCCCCCCCCCCCCCCCCCCCCC(CCO)(CCO)C(CCO)(CCO)C1(CCO)CCO. The van der Waals surface area contributed by atoms with E-state index in [1.54, 1.807) is 0 Å². The van der Waals surface area contributed by atoms with Crippen LogP contribution < -0.4 is 0 Å². The third-order valence-electron chi connectivity index (χ3n) is 13.5. The highest BCUT2D eigenvalue weighted by molar-refractivity contribution is 5.14. The summed E-state index contributed by atoms with van der Waals surface area (Å²) >= 11 is 0. The zero-order valence-corrected chi connectivity index (χ0v) is 32.4. The van der Waals surface area contributed by atoms with Crippen molar-refractivity contribution in [2.45, 2.75) is 193 Å². The zero-order valence-electron chi connectivity index (χ0n) is 32.4. The molecule has 1 rings (SSSR count). The first kappa shape index (κ1) is 47.7. The molecule has 8 N–H and O–H groups in total. The summed E-state index contributed by atoms with van der Waals surface area (Å²) in [5.41, 5.74) is -3.24. The third kappa shape index (κ3) is 14.2. The van der Waals surface area contributed by atoms with E-state index in [0.29, 0.717) is 38.5 Å². The molecule has 300 valence electrons. The van der Waals surface area contributed by atoms with Crippen molar-refractivity contribution in [3.05, 3.63) is 0 Å². The summed E-state index contributed by atoms with van der Waals surface area (Å²) < 4.78 is 0. The standard InChI is InChI=1S/C42H84O8/c43-31-23-39(24-32-44)21-19-17-15-13-11-9-7-5-3-1-2-4-6-8-10-12-14-16-18-20-22-40(25-33-45,26-34-46)42(29-37-49,30-38-50)41(39,27-35-47)28-36-48/h43-50H,1-38H2. The molecule has 0 atom stereocenters. The first-order valence-corrected chi connectivity index (χ1v) is 21.3. The molecule has 0 spiro atoms. The average Bonchev–Trinajstić information content (AvgIpc) is 3.10. The second-order valence-electron chi connectivity index (χ2n) is 16.1. The molecular weight excluding hydrogens is 632 g/mol. The molecule has 50 heavy (non-hydrogen) atoms. The number of rotatable bonds is 16. The van der Waals surface area contributed by atoms with E-state index in [2.05, 4.69) is 0 Å². The maximum absolute atomic E-state index is 10.9. The van der Waals surface area contributed by atoms with Gasteiger partial charge in [0, 0.05) is 52.9 Å². The van der Waals surface area contributed by atoms with Crippen molar-refractivity contribution in [3.8, 4) is 0 Å². The fourth-order valence-electron chi connectivity index (χ4n) is 11.2. The molecule has 0 bridgehead atoms. The van der Waals surface area contributed by atoms with Crippen LogP contribution in [0.4, 0.5) is 0 Å². The van der Waals surface area contributed by atoms with E-state index >= 15 is 0 Å². The monoisotopic (exact) mass is 717 g/mol. The molecule has 0 aromatic rings. The molecule has 1 aliphatic rings. The summed E-state index contributed by atoms with van der Waals surface area (Å²) in [6.07, 6.45) is 28.0. The van der Waals surface area contributed by atoms with Crippen LogP contribution in [0.1, 0.15) is 193 Å². The highest BCUT2D eigenvalue weighted by Gasteiger charge is 2.66. The number of hydrogen-bond donors (Lipinski definition) is 8. The van der Waals surface area contributed by atoms with E-state index in [1.807, 2.05) is 0 Å². The molecule has 0 aromatic heterocycles. The van der Waals surface area contributed by atoms with Crippen molar-refractivity contribution in [1.29, 1.82) is 0 Å². The van der Waals surface area contributed by atoms with E-state index in [4.69, 9.17) is 0 Å². The third-order valence-corrected chi connectivity index (χ3v) is 13.5. The van der Waals surface area contributed by atoms with E-state index in [9.17, 15) is 40.9 Å². The predicted octanol–water partition coefficient (Wildman–Crippen LogP) is 7.59. The lowest BCUT2D eigenvalue weighted by Gasteiger charge is -2.68. The number of aliphatic hydroxyl groups excluding tert-OH is 8. The van der Waals surface area contributed by atoms with E-state index in [1.165, 1.54) is 89.9 Å². The van der Waals surface area contributed by atoms with Gasteiger partial charge in [-0.15, -0.1) is 0 Å². The smallest absolute Gasteiger partial charge is 0.0436 e. The summed E-state index contributed by atoms with van der Waals surface area (Å²) in [5, 5.41) is 86.5. The molecule has 0 aromatic carbocycles. The second kappa shape index (κ2) is 29.1. The van der Waals surface area contributed by atoms with Crippen molar-refractivity contribution >= 4 is 0 Å². The van der Waals surface area contributed by atoms with Crippen LogP contribution in [-0.4, -0.2) is 93.7 Å². The maximum atomic E-state index is 10.9. The summed E-state index contributed by atoms with van der Waals surface area (Å²) in [5.74, 6) is 0. The Kier molecular flexibility index (Phi) is 27.8. The van der Waals surface area contributed by atoms with Gasteiger partial charge in [0.05, 0.1) is 0 Å². The van der Waals surface area contributed by atoms with E-state index < -0.39 is 21.7 Å². The topological polar surface area (TPSA) is 162 Å². The molecule has 8 heteroatoms. The lowest BCUT2D eigenvalue weighted by atomic mass is 9.36. The van der Waals surface area contributed by atoms with Crippen molar-refractivity contribution in [3.63, 3.8) is 0 Å². The minimum absolute atomic E-state index is 0.125. The summed E-state index contributed by atoms with van der Waals surface area (Å²) in [6, 6.07) is 0. The molecule has 0 unspecified atom stereocenters. The van der Waals surface area contributed by atoms with Crippen molar-refractivity contribution in [2.75, 3.05) is 52.9 Å². The normalized spacial score (nSPS) is 22.6. The minimum atomic E-state index is -0.907. The molecule has 0 saturated heterocycles. The van der Waals surface area contributed by atoms with Gasteiger partial charge in [-0.25, -0.2) is 0 Å². The Balaban J connectivity index is 3.79. The van der Waals surface area contributed by atoms with Gasteiger partial charge in [0.2, 0.25) is 0 Å². The Hall–Kier alpha value is -0.320. The van der Waals surface area contributed by atoms with Gasteiger partial charge in [-0.1, -0.05) is 128 Å². The second-order valence-corrected chi connectivity index (χ2v) is 16.1. The Morgan fingerprint density at radius 1 is 0.220 bits per heavy atom. The van der Waals surface area contributed by atoms with E-state index in [0.717, 1.165) is 38.5 Å². The molecule has 1 saturated carbocycles. The van der Waals surface area contributed by atoms with Crippen LogP contribution in [0.3, 0.4) is 0 Å². The van der Waals surface area contributed by atoms with Gasteiger partial charge in [-0.3, -0.25) is 0 Å². The molecule has 0 heterocycles. The van der Waals surface area contributed by atoms with Crippen molar-refractivity contribution in [1.82, 2.24) is 0 Å². The predicted molar refractivity (Wildman–Crippen MR) is 205 cm³/mol. The Morgan fingerprint density at radius 2 is 0.380 bits per heavy atom. The molecule has 8 nitrogen and oxygen atoms in total. The molecule has 0 radical (unpaired) electrons. The fourth-order valence-corrected chi connectivity index (χ4v) is 11.2. The molecule has 1 fully saturated rings. The van der Waals surface area contributed by atoms with Crippen LogP contribution >= 0.6 is 0 Å². The van der Waals surface area contributed by atoms with Gasteiger partial charge in [0.1, 0.15) is 0 Å². The minimum Gasteiger partial charge on any atom is -0.396 e. The maximum Gasteiger partial charge on any atom is 0.0436 e. The number of hydrogen-bond acceptors (Lipinski definition) is 8. The lowest BCUT2D eigenvalue weighted by Crippen LogP contribution is -2.63.